The topological polar surface area (TPSA) is 117 Å². The van der Waals surface area contributed by atoms with Crippen molar-refractivity contribution >= 4 is 22.7 Å². The molecule has 0 amide bonds. The molecule has 1 aromatic carbocycles. The summed E-state index contributed by atoms with van der Waals surface area (Å²) in [6.45, 7) is 2.69. The molecule has 5 rings (SSSR count). The maximum absolute atomic E-state index is 13.9. The number of aromatic nitrogens is 2. The molecule has 2 aromatic rings. The van der Waals surface area contributed by atoms with Crippen LogP contribution in [0.15, 0.2) is 34.2 Å². The molecule has 212 valence electrons. The number of oxime groups is 1. The summed E-state index contributed by atoms with van der Waals surface area (Å²) < 4.78 is 1.77. The molecule has 2 bridgehead atoms. The van der Waals surface area contributed by atoms with Gasteiger partial charge in [0.1, 0.15) is 6.61 Å². The van der Waals surface area contributed by atoms with E-state index in [1.165, 1.54) is 44.9 Å². The Morgan fingerprint density at radius 2 is 1.82 bits per heavy atom. The van der Waals surface area contributed by atoms with E-state index in [-0.39, 0.29) is 24.9 Å². The highest BCUT2D eigenvalue weighted by molar-refractivity contribution is 6.41. The van der Waals surface area contributed by atoms with Crippen LogP contribution in [-0.4, -0.2) is 68.2 Å². The molecule has 3 aliphatic rings. The van der Waals surface area contributed by atoms with E-state index in [9.17, 15) is 14.7 Å². The van der Waals surface area contributed by atoms with Gasteiger partial charge in [-0.1, -0.05) is 56.3 Å². The summed E-state index contributed by atoms with van der Waals surface area (Å²) in [7, 11) is 0. The summed E-state index contributed by atoms with van der Waals surface area (Å²) in [6, 6.07) is 8.36. The zero-order chi connectivity index (χ0) is 27.4. The molecule has 0 radical (unpaired) electrons. The van der Waals surface area contributed by atoms with E-state index < -0.39 is 17.2 Å². The zero-order valence-corrected chi connectivity index (χ0v) is 23.0. The molecule has 9 heteroatoms. The molecule has 2 aliphatic carbocycles. The quantitative estimate of drug-likeness (QED) is 0.277. The lowest BCUT2D eigenvalue weighted by atomic mass is 9.76. The Bertz CT molecular complexity index is 1230. The van der Waals surface area contributed by atoms with Crippen molar-refractivity contribution in [3.05, 3.63) is 40.3 Å². The van der Waals surface area contributed by atoms with Crippen molar-refractivity contribution in [2.45, 2.75) is 95.7 Å². The number of rotatable bonds is 9. The fraction of sp³-hybridized carbons (Fsp3) is 0.667. The van der Waals surface area contributed by atoms with Crippen LogP contribution in [0.2, 0.25) is 0 Å². The smallest absolute Gasteiger partial charge is 0.360 e. The van der Waals surface area contributed by atoms with E-state index in [0.717, 1.165) is 44.1 Å². The Balaban J connectivity index is 1.48. The molecule has 2 saturated carbocycles. The molecule has 9 nitrogen and oxygen atoms in total. The van der Waals surface area contributed by atoms with Gasteiger partial charge in [-0.15, -0.1) is 0 Å². The predicted octanol–water partition coefficient (Wildman–Crippen LogP) is 4.36. The van der Waals surface area contributed by atoms with Gasteiger partial charge >= 0.3 is 5.97 Å². The summed E-state index contributed by atoms with van der Waals surface area (Å²) >= 11 is 0. The van der Waals surface area contributed by atoms with Gasteiger partial charge in [0.2, 0.25) is 5.71 Å². The SMILES string of the molecule is CCC[C@H]1C[C@@H](n2c(=O)c(/C(=N/OCCO)C(=O)O)nc3ccccc32)CCN1[C@@H]1C[C@@H]2CCCC[C@@H](C2)C1. The van der Waals surface area contributed by atoms with E-state index in [0.29, 0.717) is 23.1 Å². The van der Waals surface area contributed by atoms with Crippen LogP contribution >= 0.6 is 0 Å². The number of carboxylic acid groups (broad SMARTS) is 1. The number of benzene rings is 1. The first kappa shape index (κ1) is 27.8. The first-order valence-electron chi connectivity index (χ1n) is 14.8. The number of fused-ring (bicyclic) bond motifs is 3. The fourth-order valence-corrected chi connectivity index (χ4v) is 7.52. The number of carbonyl (C=O) groups is 1. The minimum atomic E-state index is -1.39. The molecule has 2 heterocycles. The highest BCUT2D eigenvalue weighted by atomic mass is 16.6. The summed E-state index contributed by atoms with van der Waals surface area (Å²) in [5.74, 6) is 0.316. The summed E-state index contributed by atoms with van der Waals surface area (Å²) in [5.41, 5.74) is 0.0313. The minimum absolute atomic E-state index is 0.0591. The van der Waals surface area contributed by atoms with E-state index in [2.05, 4.69) is 22.0 Å². The van der Waals surface area contributed by atoms with Crippen molar-refractivity contribution in [2.75, 3.05) is 19.8 Å². The van der Waals surface area contributed by atoms with E-state index in [4.69, 9.17) is 9.94 Å². The van der Waals surface area contributed by atoms with Crippen molar-refractivity contribution < 1.29 is 19.8 Å². The lowest BCUT2D eigenvalue weighted by molar-refractivity contribution is -0.129. The molecule has 1 saturated heterocycles. The lowest BCUT2D eigenvalue weighted by Crippen LogP contribution is -2.51. The van der Waals surface area contributed by atoms with Gasteiger partial charge in [0.15, 0.2) is 5.69 Å². The minimum Gasteiger partial charge on any atom is -0.476 e. The van der Waals surface area contributed by atoms with Crippen LogP contribution < -0.4 is 5.56 Å². The van der Waals surface area contributed by atoms with E-state index in [1.54, 1.807) is 10.6 Å². The zero-order valence-electron chi connectivity index (χ0n) is 23.0. The van der Waals surface area contributed by atoms with E-state index >= 15 is 0 Å². The average Bonchev–Trinajstić information content (AvgIpc) is 3.10. The third-order valence-electron chi connectivity index (χ3n) is 9.10. The van der Waals surface area contributed by atoms with Crippen molar-refractivity contribution in [2.24, 2.45) is 17.0 Å². The third kappa shape index (κ3) is 6.04. The van der Waals surface area contributed by atoms with Gasteiger partial charge in [0.05, 0.1) is 17.6 Å². The molecule has 0 spiro atoms. The van der Waals surface area contributed by atoms with Crippen LogP contribution in [0.4, 0.5) is 0 Å². The summed E-state index contributed by atoms with van der Waals surface area (Å²) in [6.07, 6.45) is 13.4. The second kappa shape index (κ2) is 12.6. The normalized spacial score (nSPS) is 28.3. The molecular weight excluding hydrogens is 496 g/mol. The molecule has 2 N–H and O–H groups in total. The highest BCUT2D eigenvalue weighted by Crippen LogP contribution is 2.43. The molecule has 39 heavy (non-hydrogen) atoms. The molecule has 3 fully saturated rings. The van der Waals surface area contributed by atoms with Crippen LogP contribution in [0, 0.1) is 11.8 Å². The van der Waals surface area contributed by atoms with Gasteiger partial charge in [-0.05, 0) is 62.5 Å². The van der Waals surface area contributed by atoms with Gasteiger partial charge in [-0.25, -0.2) is 9.78 Å². The number of nitrogens with zero attached hydrogens (tertiary/aromatic N) is 4. The van der Waals surface area contributed by atoms with Crippen LogP contribution in [0.5, 0.6) is 0 Å². The second-order valence-electron chi connectivity index (χ2n) is 11.7. The Hall–Kier alpha value is -2.78. The lowest BCUT2D eigenvalue weighted by Gasteiger charge is -2.48. The van der Waals surface area contributed by atoms with Crippen molar-refractivity contribution in [3.8, 4) is 0 Å². The Kier molecular flexibility index (Phi) is 8.97. The number of carboxylic acids is 1. The Morgan fingerprint density at radius 1 is 1.08 bits per heavy atom. The number of likely N-dealkylation sites (tertiary alicyclic amines) is 1. The van der Waals surface area contributed by atoms with Crippen LogP contribution in [0.25, 0.3) is 11.0 Å². The number of para-hydroxylation sites is 2. The third-order valence-corrected chi connectivity index (χ3v) is 9.10. The van der Waals surface area contributed by atoms with Crippen LogP contribution in [0.3, 0.4) is 0 Å². The largest absolute Gasteiger partial charge is 0.476 e. The van der Waals surface area contributed by atoms with Crippen molar-refractivity contribution in [3.63, 3.8) is 0 Å². The van der Waals surface area contributed by atoms with Gasteiger partial charge in [-0.3, -0.25) is 9.69 Å². The molecule has 5 atom stereocenters. The second-order valence-corrected chi connectivity index (χ2v) is 11.7. The summed E-state index contributed by atoms with van der Waals surface area (Å²) in [5, 5.41) is 22.5. The number of piperidine rings is 1. The predicted molar refractivity (Wildman–Crippen MR) is 150 cm³/mol. The number of hydrogen-bond acceptors (Lipinski definition) is 7. The Morgan fingerprint density at radius 3 is 2.51 bits per heavy atom. The number of aliphatic hydroxyl groups is 1. The number of aliphatic hydroxyl groups excluding tert-OH is 1. The number of hydrogen-bond donors (Lipinski definition) is 2. The standard InChI is InChI=1S/C30H42N4O5/c1-2-7-22-19-23(12-13-33(22)24-17-20-8-3-4-9-21(16-20)18-24)34-26-11-6-5-10-25(26)31-27(29(34)36)28(30(37)38)32-39-15-14-35/h5-6,10-11,20-24,35H,2-4,7-9,12-19H2,1H3,(H,37,38)/b32-28-/t20-,21+,22-,23-,24-/m0/s1. The van der Waals surface area contributed by atoms with Crippen LogP contribution in [0.1, 0.15) is 89.3 Å². The van der Waals surface area contributed by atoms with Gasteiger partial charge < -0.3 is 19.6 Å². The monoisotopic (exact) mass is 538 g/mol. The van der Waals surface area contributed by atoms with Gasteiger partial charge in [0.25, 0.3) is 5.56 Å². The maximum Gasteiger partial charge on any atom is 0.360 e. The highest BCUT2D eigenvalue weighted by Gasteiger charge is 2.39. The van der Waals surface area contributed by atoms with Crippen LogP contribution in [-0.2, 0) is 9.63 Å². The maximum atomic E-state index is 13.9. The Labute approximate surface area is 229 Å². The molecule has 0 unspecified atom stereocenters. The number of aliphatic carboxylic acids is 1. The van der Waals surface area contributed by atoms with Gasteiger partial charge in [-0.2, -0.15) is 0 Å². The summed E-state index contributed by atoms with van der Waals surface area (Å²) in [4.78, 5) is 38.1. The first-order valence-corrected chi connectivity index (χ1v) is 14.8. The van der Waals surface area contributed by atoms with E-state index in [1.807, 2.05) is 18.2 Å². The van der Waals surface area contributed by atoms with Crippen molar-refractivity contribution in [1.82, 2.24) is 14.5 Å². The molecular formula is C30H42N4O5. The average molecular weight is 539 g/mol. The fourth-order valence-electron chi connectivity index (χ4n) is 7.52. The molecule has 1 aliphatic heterocycles. The first-order chi connectivity index (χ1) is 19.0. The van der Waals surface area contributed by atoms with Crippen molar-refractivity contribution in [1.29, 1.82) is 0 Å². The molecule has 1 aromatic heterocycles. The van der Waals surface area contributed by atoms with Gasteiger partial charge in [0, 0.05) is 24.7 Å².